The number of nitrogens with one attached hydrogen (secondary N) is 1. The van der Waals surface area contributed by atoms with E-state index in [9.17, 15) is 22.0 Å². The van der Waals surface area contributed by atoms with E-state index in [1.807, 2.05) is 0 Å². The first-order valence-electron chi connectivity index (χ1n) is 13.6. The summed E-state index contributed by atoms with van der Waals surface area (Å²) in [5, 5.41) is 2.30. The number of aromatic nitrogens is 2. The van der Waals surface area contributed by atoms with Gasteiger partial charge in [-0.05, 0) is 68.6 Å². The van der Waals surface area contributed by atoms with Crippen LogP contribution in [0.2, 0.25) is 0 Å². The van der Waals surface area contributed by atoms with E-state index < -0.39 is 34.0 Å². The summed E-state index contributed by atoms with van der Waals surface area (Å²) in [4.78, 5) is 21.8. The molecular formula is C28H33F2N3O6S. The van der Waals surface area contributed by atoms with E-state index in [0.717, 1.165) is 19.3 Å². The number of rotatable bonds is 11. The second-order valence-corrected chi connectivity index (χ2v) is 12.6. The topological polar surface area (TPSA) is 117 Å². The van der Waals surface area contributed by atoms with Crippen molar-refractivity contribution in [1.82, 2.24) is 9.97 Å². The molecule has 0 bridgehead atoms. The molecule has 3 fully saturated rings. The molecule has 12 heteroatoms. The molecule has 1 amide bonds. The van der Waals surface area contributed by atoms with E-state index in [1.165, 1.54) is 24.5 Å². The summed E-state index contributed by atoms with van der Waals surface area (Å²) >= 11 is 0. The van der Waals surface area contributed by atoms with Gasteiger partial charge in [-0.25, -0.2) is 27.2 Å². The highest BCUT2D eigenvalue weighted by atomic mass is 32.2. The van der Waals surface area contributed by atoms with Gasteiger partial charge in [-0.3, -0.25) is 4.79 Å². The Morgan fingerprint density at radius 2 is 1.77 bits per heavy atom. The fourth-order valence-corrected chi connectivity index (χ4v) is 6.50. The zero-order chi connectivity index (χ0) is 28.1. The number of ether oxygens (including phenoxy) is 3. The van der Waals surface area contributed by atoms with Crippen LogP contribution in [0.1, 0.15) is 50.5 Å². The minimum Gasteiger partial charge on any atom is -0.474 e. The second-order valence-electron chi connectivity index (χ2n) is 10.3. The average molecular weight is 578 g/mol. The predicted molar refractivity (Wildman–Crippen MR) is 143 cm³/mol. The summed E-state index contributed by atoms with van der Waals surface area (Å²) in [5.74, 6) is -0.632. The van der Waals surface area contributed by atoms with Gasteiger partial charge in [0.15, 0.2) is 21.9 Å². The first-order valence-corrected chi connectivity index (χ1v) is 15.2. The predicted octanol–water partition coefficient (Wildman–Crippen LogP) is 4.44. The van der Waals surface area contributed by atoms with Crippen LogP contribution in [0.3, 0.4) is 0 Å². The molecule has 1 saturated heterocycles. The smallest absolute Gasteiger partial charge is 0.257 e. The number of amides is 1. The average Bonchev–Trinajstić information content (AvgIpc) is 3.77. The molecule has 40 heavy (non-hydrogen) atoms. The van der Waals surface area contributed by atoms with Gasteiger partial charge in [-0.15, -0.1) is 0 Å². The third-order valence-electron chi connectivity index (χ3n) is 7.20. The molecule has 2 saturated carbocycles. The summed E-state index contributed by atoms with van der Waals surface area (Å²) < 4.78 is 69.5. The zero-order valence-corrected chi connectivity index (χ0v) is 22.8. The third kappa shape index (κ3) is 7.21. The number of allylic oxidation sites excluding steroid dienone is 1. The van der Waals surface area contributed by atoms with Gasteiger partial charge in [-0.2, -0.15) is 0 Å². The first-order chi connectivity index (χ1) is 19.3. The molecule has 5 rings (SSSR count). The fourth-order valence-electron chi connectivity index (χ4n) is 4.85. The van der Waals surface area contributed by atoms with Gasteiger partial charge >= 0.3 is 0 Å². The van der Waals surface area contributed by atoms with E-state index in [-0.39, 0.29) is 53.2 Å². The molecule has 4 atom stereocenters. The molecule has 2 unspecified atom stereocenters. The van der Waals surface area contributed by atoms with Crippen LogP contribution >= 0.6 is 0 Å². The van der Waals surface area contributed by atoms with Crippen LogP contribution in [0.25, 0.3) is 5.57 Å². The molecule has 2 aliphatic carbocycles. The van der Waals surface area contributed by atoms with Crippen molar-refractivity contribution in [3.8, 4) is 5.88 Å². The zero-order valence-electron chi connectivity index (χ0n) is 22.0. The lowest BCUT2D eigenvalue weighted by Gasteiger charge is -2.22. The van der Waals surface area contributed by atoms with Crippen LogP contribution in [0.4, 0.5) is 14.6 Å². The number of nitrogens with zero attached hydrogens (tertiary/aromatic N) is 2. The summed E-state index contributed by atoms with van der Waals surface area (Å²) in [6, 6.07) is 6.01. The number of carbonyl (C=O) groups is 1. The highest BCUT2D eigenvalue weighted by molar-refractivity contribution is 7.92. The molecule has 1 aromatic heterocycles. The Kier molecular flexibility index (Phi) is 9.07. The van der Waals surface area contributed by atoms with Gasteiger partial charge in [0.1, 0.15) is 19.0 Å². The lowest BCUT2D eigenvalue weighted by molar-refractivity contribution is -0.165. The van der Waals surface area contributed by atoms with Crippen molar-refractivity contribution in [2.24, 2.45) is 5.92 Å². The molecule has 3 aliphatic rings. The quantitative estimate of drug-likeness (QED) is 0.308. The highest BCUT2D eigenvalue weighted by Gasteiger charge is 2.37. The van der Waals surface area contributed by atoms with Crippen molar-refractivity contribution >= 4 is 27.1 Å². The lowest BCUT2D eigenvalue weighted by Crippen LogP contribution is -2.24. The standard InChI is InChI=1S/C28H33F2N3O6S/c29-23-14-18(15-24(23)30)13-22(19-4-6-20(7-5-19)40(35,36)21-8-9-21)28(34)33-25-16-32-26(17-31-25)37-11-12-39-27-3-1-2-10-38-27/h4-7,13,16-18,21,23-24,27H,1-3,8-12,14-15H2,(H,31,33,34)/b22-13+/t18?,23-,24+,27?. The fraction of sp³-hybridized carbons (Fsp3) is 0.536. The third-order valence-corrected chi connectivity index (χ3v) is 9.48. The van der Waals surface area contributed by atoms with E-state index in [4.69, 9.17) is 14.2 Å². The van der Waals surface area contributed by atoms with Gasteiger partial charge in [0, 0.05) is 12.2 Å². The second kappa shape index (κ2) is 12.7. The molecule has 1 aliphatic heterocycles. The van der Waals surface area contributed by atoms with Crippen LogP contribution in [-0.2, 0) is 24.1 Å². The Morgan fingerprint density at radius 3 is 2.40 bits per heavy atom. The molecule has 0 spiro atoms. The van der Waals surface area contributed by atoms with E-state index in [2.05, 4.69) is 15.3 Å². The van der Waals surface area contributed by atoms with E-state index in [0.29, 0.717) is 31.6 Å². The number of alkyl halides is 2. The number of anilines is 1. The Morgan fingerprint density at radius 1 is 1.02 bits per heavy atom. The number of halogens is 2. The van der Waals surface area contributed by atoms with E-state index >= 15 is 0 Å². The van der Waals surface area contributed by atoms with Crippen molar-refractivity contribution in [3.05, 3.63) is 48.3 Å². The monoisotopic (exact) mass is 577 g/mol. The molecule has 216 valence electrons. The van der Waals surface area contributed by atoms with Gasteiger partial charge < -0.3 is 19.5 Å². The number of carbonyl (C=O) groups excluding carboxylic acids is 1. The van der Waals surface area contributed by atoms with Crippen LogP contribution in [0.15, 0.2) is 47.6 Å². The Hall–Kier alpha value is -2.96. The number of sulfone groups is 1. The van der Waals surface area contributed by atoms with E-state index in [1.54, 1.807) is 18.2 Å². The Labute approximate surface area is 232 Å². The van der Waals surface area contributed by atoms with Crippen LogP contribution in [0, 0.1) is 5.92 Å². The van der Waals surface area contributed by atoms with Gasteiger partial charge in [-0.1, -0.05) is 18.2 Å². The largest absolute Gasteiger partial charge is 0.474 e. The minimum absolute atomic E-state index is 0.0332. The lowest BCUT2D eigenvalue weighted by atomic mass is 9.98. The van der Waals surface area contributed by atoms with Crippen molar-refractivity contribution in [3.63, 3.8) is 0 Å². The van der Waals surface area contributed by atoms with Gasteiger partial charge in [0.25, 0.3) is 5.91 Å². The maximum absolute atomic E-state index is 13.9. The molecule has 1 N–H and O–H groups in total. The van der Waals surface area contributed by atoms with Gasteiger partial charge in [0.2, 0.25) is 5.88 Å². The first kappa shape index (κ1) is 28.6. The number of hydrogen-bond acceptors (Lipinski definition) is 8. The molecule has 2 heterocycles. The summed E-state index contributed by atoms with van der Waals surface area (Å²) in [6.45, 7) is 1.29. The molecule has 2 aromatic rings. The maximum atomic E-state index is 13.9. The summed E-state index contributed by atoms with van der Waals surface area (Å²) in [7, 11) is -3.40. The highest BCUT2D eigenvalue weighted by Crippen LogP contribution is 2.36. The minimum atomic E-state index is -3.40. The number of benzene rings is 1. The molecule has 9 nitrogen and oxygen atoms in total. The summed E-state index contributed by atoms with van der Waals surface area (Å²) in [5.41, 5.74) is 0.602. The Balaban J connectivity index is 1.23. The molecule has 1 aromatic carbocycles. The normalized spacial score (nSPS) is 25.5. The SMILES string of the molecule is O=C(Nc1cnc(OCCOC2CCCCO2)cn1)/C(=C/C1C[C@@H](F)[C@@H](F)C1)c1ccc(S(=O)(=O)C2CC2)cc1. The molecular weight excluding hydrogens is 544 g/mol. The van der Waals surface area contributed by atoms with Crippen LogP contribution < -0.4 is 10.1 Å². The Bertz CT molecular complexity index is 1290. The molecule has 0 radical (unpaired) electrons. The van der Waals surface area contributed by atoms with Crippen LogP contribution in [-0.4, -0.2) is 68.0 Å². The van der Waals surface area contributed by atoms with Gasteiger partial charge in [0.05, 0.1) is 29.1 Å². The number of hydrogen-bond donors (Lipinski definition) is 1. The van der Waals surface area contributed by atoms with Crippen molar-refractivity contribution in [2.45, 2.75) is 73.7 Å². The van der Waals surface area contributed by atoms with Crippen molar-refractivity contribution in [1.29, 1.82) is 0 Å². The maximum Gasteiger partial charge on any atom is 0.257 e. The van der Waals surface area contributed by atoms with Crippen molar-refractivity contribution < 1.29 is 36.2 Å². The van der Waals surface area contributed by atoms with Crippen LogP contribution in [0.5, 0.6) is 5.88 Å². The summed E-state index contributed by atoms with van der Waals surface area (Å²) in [6.07, 6.45) is 5.06. The van der Waals surface area contributed by atoms with Crippen molar-refractivity contribution in [2.75, 3.05) is 25.1 Å².